The quantitative estimate of drug-likeness (QED) is 0.360. The van der Waals surface area contributed by atoms with Crippen LogP contribution >= 0.6 is 0 Å². The molecule has 0 radical (unpaired) electrons. The number of imidazole rings is 1. The van der Waals surface area contributed by atoms with Crippen LogP contribution in [0, 0.1) is 5.92 Å². The molecule has 3 heterocycles. The molecule has 1 amide bonds. The Morgan fingerprint density at radius 3 is 2.73 bits per heavy atom. The van der Waals surface area contributed by atoms with E-state index in [0.717, 1.165) is 53.0 Å². The lowest BCUT2D eigenvalue weighted by Gasteiger charge is -2.35. The van der Waals surface area contributed by atoms with Crippen molar-refractivity contribution < 1.29 is 31.5 Å². The normalized spacial score (nSPS) is 22.1. The molecule has 0 aliphatic carbocycles. The zero-order valence-electron chi connectivity index (χ0n) is 22.9. The van der Waals surface area contributed by atoms with Gasteiger partial charge in [-0.15, -0.1) is 0 Å². The lowest BCUT2D eigenvalue weighted by molar-refractivity contribution is -0.136. The van der Waals surface area contributed by atoms with E-state index in [2.05, 4.69) is 9.30 Å². The third kappa shape index (κ3) is 6.22. The molecule has 1 aromatic heterocycles. The Labute approximate surface area is 238 Å². The van der Waals surface area contributed by atoms with Crippen molar-refractivity contribution >= 4 is 27.0 Å². The van der Waals surface area contributed by atoms with Crippen molar-refractivity contribution in [1.82, 2.24) is 18.8 Å². The summed E-state index contributed by atoms with van der Waals surface area (Å²) in [7, 11) is -2.40. The molecular weight excluding hydrogens is 556 g/mol. The van der Waals surface area contributed by atoms with E-state index in [1.54, 1.807) is 12.0 Å². The standard InChI is InChI=1S/C28H35F2N5O5S/c1-39-14-6-13-35-25-11-3-2-10-24(25)32-26(35)19-7-5-12-33(16-19)27(36)22-17-34(18-23(22)31)41(37,38)21-9-4-8-20(15-21)40-28(29)30/h2-4,8-11,15,19,22-23,28H,5-7,12-14,16-18,31H2,1H3/t19?,22-,23-/m1/s1. The Morgan fingerprint density at radius 2 is 1.95 bits per heavy atom. The number of nitrogens with two attached hydrogens (primary N) is 1. The lowest BCUT2D eigenvalue weighted by atomic mass is 9.94. The predicted molar refractivity (Wildman–Crippen MR) is 148 cm³/mol. The van der Waals surface area contributed by atoms with E-state index < -0.39 is 28.6 Å². The molecule has 222 valence electrons. The Kier molecular flexibility index (Phi) is 8.88. The van der Waals surface area contributed by atoms with Crippen LogP contribution in [0.4, 0.5) is 8.78 Å². The number of carbonyl (C=O) groups excluding carboxylic acids is 1. The first-order chi connectivity index (χ1) is 19.7. The Morgan fingerprint density at radius 1 is 1.15 bits per heavy atom. The van der Waals surface area contributed by atoms with Gasteiger partial charge >= 0.3 is 6.61 Å². The number of aromatic nitrogens is 2. The SMILES string of the molecule is COCCCn1c(C2CCCN(C(=O)[C@@H]3CN(S(=O)(=O)c4cccc(OC(F)F)c4)C[C@H]3N)C2)nc2ccccc21. The van der Waals surface area contributed by atoms with Crippen LogP contribution in [-0.2, 0) is 26.1 Å². The summed E-state index contributed by atoms with van der Waals surface area (Å²) in [6.45, 7) is -0.811. The van der Waals surface area contributed by atoms with E-state index in [9.17, 15) is 22.0 Å². The molecule has 41 heavy (non-hydrogen) atoms. The number of benzene rings is 2. The number of methoxy groups -OCH3 is 1. The number of fused-ring (bicyclic) bond motifs is 1. The van der Waals surface area contributed by atoms with Gasteiger partial charge in [0.05, 0.1) is 21.8 Å². The third-order valence-corrected chi connectivity index (χ3v) is 9.66. The van der Waals surface area contributed by atoms with Crippen molar-refractivity contribution in [3.05, 3.63) is 54.4 Å². The molecule has 3 atom stereocenters. The first kappa shape index (κ1) is 29.4. The molecule has 2 aliphatic rings. The van der Waals surface area contributed by atoms with E-state index in [0.29, 0.717) is 19.7 Å². The van der Waals surface area contributed by atoms with Crippen LogP contribution in [0.1, 0.15) is 31.0 Å². The van der Waals surface area contributed by atoms with Gasteiger partial charge in [-0.25, -0.2) is 13.4 Å². The molecule has 2 aliphatic heterocycles. The summed E-state index contributed by atoms with van der Waals surface area (Å²) >= 11 is 0. The number of nitrogens with zero attached hydrogens (tertiary/aromatic N) is 4. The molecule has 0 bridgehead atoms. The largest absolute Gasteiger partial charge is 0.435 e. The highest BCUT2D eigenvalue weighted by atomic mass is 32.2. The first-order valence-corrected chi connectivity index (χ1v) is 15.2. The highest BCUT2D eigenvalue weighted by molar-refractivity contribution is 7.89. The molecule has 0 saturated carbocycles. The van der Waals surface area contributed by atoms with Gasteiger partial charge in [0, 0.05) is 64.5 Å². The van der Waals surface area contributed by atoms with Crippen LogP contribution in [0.25, 0.3) is 11.0 Å². The van der Waals surface area contributed by atoms with Crippen LogP contribution in [0.2, 0.25) is 0 Å². The van der Waals surface area contributed by atoms with Gasteiger partial charge in [0.1, 0.15) is 11.6 Å². The van der Waals surface area contributed by atoms with Crippen LogP contribution in [0.15, 0.2) is 53.4 Å². The third-order valence-electron chi connectivity index (χ3n) is 7.83. The number of aryl methyl sites for hydroxylation is 1. The molecule has 0 spiro atoms. The van der Waals surface area contributed by atoms with Crippen LogP contribution in [-0.4, -0.2) is 85.6 Å². The van der Waals surface area contributed by atoms with Crippen molar-refractivity contribution in [3.8, 4) is 5.75 Å². The van der Waals surface area contributed by atoms with Gasteiger partial charge in [0.25, 0.3) is 0 Å². The number of rotatable bonds is 10. The van der Waals surface area contributed by atoms with Gasteiger partial charge in [-0.1, -0.05) is 18.2 Å². The molecule has 3 aromatic rings. The van der Waals surface area contributed by atoms with Crippen molar-refractivity contribution in [3.63, 3.8) is 0 Å². The molecule has 13 heteroatoms. The van der Waals surface area contributed by atoms with E-state index in [4.69, 9.17) is 15.5 Å². The number of amides is 1. The van der Waals surface area contributed by atoms with E-state index >= 15 is 0 Å². The molecule has 2 saturated heterocycles. The number of alkyl halides is 2. The number of likely N-dealkylation sites (tertiary alicyclic amines) is 1. The van der Waals surface area contributed by atoms with Crippen LogP contribution < -0.4 is 10.5 Å². The summed E-state index contributed by atoms with van der Waals surface area (Å²) in [6, 6.07) is 12.2. The average Bonchev–Trinajstić information content (AvgIpc) is 3.54. The number of carbonyl (C=O) groups is 1. The number of ether oxygens (including phenoxy) is 2. The molecule has 1 unspecified atom stereocenters. The maximum Gasteiger partial charge on any atom is 0.387 e. The average molecular weight is 592 g/mol. The summed E-state index contributed by atoms with van der Waals surface area (Å²) in [4.78, 5) is 20.2. The summed E-state index contributed by atoms with van der Waals surface area (Å²) in [5.41, 5.74) is 8.28. The van der Waals surface area contributed by atoms with Crippen LogP contribution in [0.3, 0.4) is 0 Å². The van der Waals surface area contributed by atoms with Gasteiger partial charge in [0.15, 0.2) is 0 Å². The molecule has 2 N–H and O–H groups in total. The van der Waals surface area contributed by atoms with Gasteiger partial charge in [-0.05, 0) is 43.5 Å². The van der Waals surface area contributed by atoms with Gasteiger partial charge < -0.3 is 24.7 Å². The lowest BCUT2D eigenvalue weighted by Crippen LogP contribution is -2.47. The predicted octanol–water partition coefficient (Wildman–Crippen LogP) is 3.03. The monoisotopic (exact) mass is 591 g/mol. The Hall–Kier alpha value is -3.13. The van der Waals surface area contributed by atoms with E-state index in [-0.39, 0.29) is 35.6 Å². The number of sulfonamides is 1. The Balaban J connectivity index is 1.31. The maximum absolute atomic E-state index is 13.7. The molecular formula is C28H35F2N5O5S. The highest BCUT2D eigenvalue weighted by Gasteiger charge is 2.43. The zero-order valence-corrected chi connectivity index (χ0v) is 23.7. The fourth-order valence-corrected chi connectivity index (χ4v) is 7.38. The smallest absolute Gasteiger partial charge is 0.387 e. The fraction of sp³-hybridized carbons (Fsp3) is 0.500. The molecule has 2 aromatic carbocycles. The highest BCUT2D eigenvalue weighted by Crippen LogP contribution is 2.32. The van der Waals surface area contributed by atoms with Crippen molar-refractivity contribution in [2.45, 2.75) is 49.3 Å². The molecule has 5 rings (SSSR count). The number of piperidine rings is 1. The minimum Gasteiger partial charge on any atom is -0.435 e. The second kappa shape index (κ2) is 12.4. The summed E-state index contributed by atoms with van der Waals surface area (Å²) in [6.07, 6.45) is 2.50. The minimum absolute atomic E-state index is 0.0256. The number of hydrogen-bond donors (Lipinski definition) is 1. The topological polar surface area (TPSA) is 120 Å². The van der Waals surface area contributed by atoms with Crippen molar-refractivity contribution in [2.75, 3.05) is 39.9 Å². The number of para-hydroxylation sites is 2. The summed E-state index contributed by atoms with van der Waals surface area (Å²) in [5.74, 6) is -0.200. The number of hydrogen-bond acceptors (Lipinski definition) is 7. The van der Waals surface area contributed by atoms with Crippen molar-refractivity contribution in [1.29, 1.82) is 0 Å². The summed E-state index contributed by atoms with van der Waals surface area (Å²) < 4.78 is 64.9. The second-order valence-electron chi connectivity index (χ2n) is 10.5. The van der Waals surface area contributed by atoms with E-state index in [1.807, 2.05) is 24.3 Å². The van der Waals surface area contributed by atoms with Crippen molar-refractivity contribution in [2.24, 2.45) is 11.7 Å². The maximum atomic E-state index is 13.7. The van der Waals surface area contributed by atoms with Gasteiger partial charge in [-0.2, -0.15) is 13.1 Å². The van der Waals surface area contributed by atoms with Crippen LogP contribution in [0.5, 0.6) is 5.75 Å². The fourth-order valence-electron chi connectivity index (χ4n) is 5.84. The van der Waals surface area contributed by atoms with E-state index in [1.165, 1.54) is 18.2 Å². The molecule has 2 fully saturated rings. The minimum atomic E-state index is -4.08. The molecule has 10 nitrogen and oxygen atoms in total. The Bertz CT molecular complexity index is 1480. The van der Waals surface area contributed by atoms with Gasteiger partial charge in [0.2, 0.25) is 15.9 Å². The van der Waals surface area contributed by atoms with Gasteiger partial charge in [-0.3, -0.25) is 4.79 Å². The number of halogens is 2. The second-order valence-corrected chi connectivity index (χ2v) is 12.5. The first-order valence-electron chi connectivity index (χ1n) is 13.7. The zero-order chi connectivity index (χ0) is 29.1. The summed E-state index contributed by atoms with van der Waals surface area (Å²) in [5, 5.41) is 0.